The molecule has 0 aromatic heterocycles. The molecule has 6 heteroatoms. The molecule has 1 fully saturated rings. The maximum Gasteiger partial charge on any atom is 0.321 e. The lowest BCUT2D eigenvalue weighted by Gasteiger charge is -2.31. The van der Waals surface area contributed by atoms with Crippen molar-refractivity contribution in [2.75, 3.05) is 18.5 Å². The van der Waals surface area contributed by atoms with Crippen LogP contribution >= 0.6 is 11.6 Å². The van der Waals surface area contributed by atoms with Gasteiger partial charge in [0, 0.05) is 10.7 Å². The Morgan fingerprint density at radius 2 is 2.08 bits per heavy atom. The van der Waals surface area contributed by atoms with Crippen LogP contribution < -0.4 is 10.6 Å². The Morgan fingerprint density at radius 3 is 2.83 bits per heavy atom. The average Bonchev–Trinajstić information content (AvgIpc) is 2.58. The van der Waals surface area contributed by atoms with E-state index in [4.69, 9.17) is 21.1 Å². The number of rotatable bonds is 4. The van der Waals surface area contributed by atoms with E-state index in [0.29, 0.717) is 23.9 Å². The molecule has 1 aliphatic carbocycles. The number of hydrogen-bond acceptors (Lipinski definition) is 3. The lowest BCUT2D eigenvalue weighted by molar-refractivity contribution is -0.143. The smallest absolute Gasteiger partial charge is 0.321 e. The second-order valence-electron chi connectivity index (χ2n) is 5.89. The summed E-state index contributed by atoms with van der Waals surface area (Å²) in [6.45, 7) is 0.904. The van der Waals surface area contributed by atoms with Crippen LogP contribution in [0.1, 0.15) is 19.3 Å². The Kier molecular flexibility index (Phi) is 5.91. The fourth-order valence-corrected chi connectivity index (χ4v) is 2.89. The van der Waals surface area contributed by atoms with Crippen molar-refractivity contribution in [1.82, 2.24) is 5.32 Å². The molecule has 2 atom stereocenters. The quantitative estimate of drug-likeness (QED) is 0.868. The molecule has 128 valence electrons. The van der Waals surface area contributed by atoms with Gasteiger partial charge >= 0.3 is 6.03 Å². The lowest BCUT2D eigenvalue weighted by Crippen LogP contribution is -2.48. The van der Waals surface area contributed by atoms with E-state index in [1.165, 1.54) is 5.57 Å². The molecular formula is C18H21ClN2O3. The molecule has 1 aliphatic heterocycles. The molecule has 2 aliphatic rings. The third-order valence-electron chi connectivity index (χ3n) is 3.91. The van der Waals surface area contributed by atoms with Gasteiger partial charge in [-0.05, 0) is 43.5 Å². The first kappa shape index (κ1) is 17.0. The zero-order valence-corrected chi connectivity index (χ0v) is 14.1. The van der Waals surface area contributed by atoms with Crippen LogP contribution in [0.25, 0.3) is 0 Å². The molecule has 1 aromatic rings. The van der Waals surface area contributed by atoms with Crippen molar-refractivity contribution in [2.45, 2.75) is 31.6 Å². The van der Waals surface area contributed by atoms with E-state index in [-0.39, 0.29) is 12.1 Å². The largest absolute Gasteiger partial charge is 0.374 e. The van der Waals surface area contributed by atoms with Gasteiger partial charge in [-0.25, -0.2) is 4.79 Å². The summed E-state index contributed by atoms with van der Waals surface area (Å²) in [6, 6.07) is 6.60. The number of amides is 2. The molecule has 3 rings (SSSR count). The highest BCUT2D eigenvalue weighted by Gasteiger charge is 2.25. The minimum absolute atomic E-state index is 0.0302. The molecule has 2 unspecified atom stereocenters. The minimum Gasteiger partial charge on any atom is -0.374 e. The summed E-state index contributed by atoms with van der Waals surface area (Å²) in [5.74, 6) is 0. The first-order valence-corrected chi connectivity index (χ1v) is 8.48. The van der Waals surface area contributed by atoms with Crippen molar-refractivity contribution in [3.05, 3.63) is 53.1 Å². The summed E-state index contributed by atoms with van der Waals surface area (Å²) in [4.78, 5) is 12.1. The maximum atomic E-state index is 12.1. The van der Waals surface area contributed by atoms with Gasteiger partial charge in [-0.2, -0.15) is 0 Å². The van der Waals surface area contributed by atoms with Crippen molar-refractivity contribution in [2.24, 2.45) is 0 Å². The molecule has 2 amide bonds. The van der Waals surface area contributed by atoms with Crippen molar-refractivity contribution in [3.63, 3.8) is 0 Å². The molecule has 1 aromatic carbocycles. The number of benzene rings is 1. The molecule has 1 saturated heterocycles. The first-order chi connectivity index (χ1) is 11.7. The molecule has 0 spiro atoms. The number of carbonyl (C=O) groups is 1. The highest BCUT2D eigenvalue weighted by atomic mass is 35.5. The Morgan fingerprint density at radius 1 is 1.25 bits per heavy atom. The second-order valence-corrected chi connectivity index (χ2v) is 6.32. The summed E-state index contributed by atoms with van der Waals surface area (Å²) in [7, 11) is 0. The predicted molar refractivity (Wildman–Crippen MR) is 94.2 cm³/mol. The molecule has 0 radical (unpaired) electrons. The summed E-state index contributed by atoms with van der Waals surface area (Å²) >= 11 is 5.83. The fourth-order valence-electron chi connectivity index (χ4n) is 2.76. The van der Waals surface area contributed by atoms with Gasteiger partial charge < -0.3 is 20.1 Å². The van der Waals surface area contributed by atoms with E-state index in [1.807, 2.05) is 0 Å². The normalized spacial score (nSPS) is 23.5. The summed E-state index contributed by atoms with van der Waals surface area (Å²) in [5.41, 5.74) is 2.03. The minimum atomic E-state index is -0.448. The van der Waals surface area contributed by atoms with Crippen LogP contribution in [0.15, 0.2) is 48.1 Å². The molecule has 0 saturated carbocycles. The standard InChI is InChI=1S/C18H21ClN2O3/c19-14-6-8-15(9-7-14)20-18(22)21-17-12-23-11-16(24-17)10-13-4-2-1-3-5-13/h1-2,4,6-9,16-17H,3,5,10-12H2,(H2,20,21,22). The molecule has 2 N–H and O–H groups in total. The molecule has 5 nitrogen and oxygen atoms in total. The van der Waals surface area contributed by atoms with Gasteiger partial charge in [-0.15, -0.1) is 0 Å². The summed E-state index contributed by atoms with van der Waals surface area (Å²) < 4.78 is 11.5. The predicted octanol–water partition coefficient (Wildman–Crippen LogP) is 3.87. The number of halogens is 1. The number of urea groups is 1. The van der Waals surface area contributed by atoms with Crippen LogP contribution in [0, 0.1) is 0 Å². The van der Waals surface area contributed by atoms with Gasteiger partial charge in [-0.3, -0.25) is 0 Å². The van der Waals surface area contributed by atoms with Crippen LogP contribution in [0.3, 0.4) is 0 Å². The van der Waals surface area contributed by atoms with Gasteiger partial charge in [0.15, 0.2) is 6.23 Å². The van der Waals surface area contributed by atoms with Crippen LogP contribution in [0.4, 0.5) is 10.5 Å². The molecule has 24 heavy (non-hydrogen) atoms. The van der Waals surface area contributed by atoms with E-state index in [9.17, 15) is 4.79 Å². The number of ether oxygens (including phenoxy) is 2. The Hall–Kier alpha value is -1.82. The van der Waals surface area contributed by atoms with Gasteiger partial charge in [0.1, 0.15) is 0 Å². The highest BCUT2D eigenvalue weighted by Crippen LogP contribution is 2.21. The zero-order chi connectivity index (χ0) is 16.8. The highest BCUT2D eigenvalue weighted by molar-refractivity contribution is 6.30. The summed E-state index contributed by atoms with van der Waals surface area (Å²) in [6.07, 6.45) is 8.87. The van der Waals surface area contributed by atoms with Crippen LogP contribution in [-0.2, 0) is 9.47 Å². The average molecular weight is 349 g/mol. The fraction of sp³-hybridized carbons (Fsp3) is 0.389. The van der Waals surface area contributed by atoms with Gasteiger partial charge in [-0.1, -0.05) is 35.4 Å². The Bertz CT molecular complexity index is 628. The van der Waals surface area contributed by atoms with Gasteiger partial charge in [0.2, 0.25) is 0 Å². The number of anilines is 1. The van der Waals surface area contributed by atoms with Gasteiger partial charge in [0.25, 0.3) is 0 Å². The van der Waals surface area contributed by atoms with Crippen LogP contribution in [-0.4, -0.2) is 31.6 Å². The van der Waals surface area contributed by atoms with Crippen LogP contribution in [0.5, 0.6) is 0 Å². The van der Waals surface area contributed by atoms with E-state index in [0.717, 1.165) is 19.3 Å². The number of hydrogen-bond donors (Lipinski definition) is 2. The third-order valence-corrected chi connectivity index (χ3v) is 4.17. The summed E-state index contributed by atoms with van der Waals surface area (Å²) in [5, 5.41) is 6.16. The van der Waals surface area contributed by atoms with E-state index >= 15 is 0 Å². The number of nitrogens with one attached hydrogen (secondary N) is 2. The molecular weight excluding hydrogens is 328 g/mol. The topological polar surface area (TPSA) is 59.6 Å². The van der Waals surface area contributed by atoms with Crippen molar-refractivity contribution in [1.29, 1.82) is 0 Å². The third kappa shape index (κ3) is 5.09. The van der Waals surface area contributed by atoms with E-state index < -0.39 is 6.23 Å². The van der Waals surface area contributed by atoms with Crippen molar-refractivity contribution >= 4 is 23.3 Å². The lowest BCUT2D eigenvalue weighted by atomic mass is 9.99. The van der Waals surface area contributed by atoms with Crippen molar-refractivity contribution < 1.29 is 14.3 Å². The van der Waals surface area contributed by atoms with Gasteiger partial charge in [0.05, 0.1) is 19.3 Å². The number of carbonyl (C=O) groups excluding carboxylic acids is 1. The molecule has 0 bridgehead atoms. The monoisotopic (exact) mass is 348 g/mol. The Labute approximate surface area is 146 Å². The van der Waals surface area contributed by atoms with Crippen LogP contribution in [0.2, 0.25) is 5.02 Å². The van der Waals surface area contributed by atoms with Crippen molar-refractivity contribution in [3.8, 4) is 0 Å². The first-order valence-electron chi connectivity index (χ1n) is 8.10. The maximum absolute atomic E-state index is 12.1. The molecule has 1 heterocycles. The Balaban J connectivity index is 1.47. The van der Waals surface area contributed by atoms with E-state index in [2.05, 4.69) is 28.9 Å². The zero-order valence-electron chi connectivity index (χ0n) is 13.3. The second kappa shape index (κ2) is 8.33. The number of allylic oxidation sites excluding steroid dienone is 3. The van der Waals surface area contributed by atoms with E-state index in [1.54, 1.807) is 24.3 Å². The SMILES string of the molecule is O=C(Nc1ccc(Cl)cc1)NC1COCC(CC2=CC=CCC2)O1.